The molecule has 0 saturated carbocycles. The maximum absolute atomic E-state index is 10.2. The summed E-state index contributed by atoms with van der Waals surface area (Å²) in [5.74, 6) is 0.942. The minimum Gasteiger partial charge on any atom is -0.423 e. The smallest absolute Gasteiger partial charge is 0.423 e. The highest BCUT2D eigenvalue weighted by Crippen LogP contribution is 2.25. The van der Waals surface area contributed by atoms with Crippen LogP contribution in [0.5, 0.6) is 0 Å². The quantitative estimate of drug-likeness (QED) is 0.803. The van der Waals surface area contributed by atoms with Crippen molar-refractivity contribution >= 4 is 18.4 Å². The first-order chi connectivity index (χ1) is 10.2. The van der Waals surface area contributed by atoms with Gasteiger partial charge < -0.3 is 19.7 Å². The molecule has 122 valence electrons. The van der Waals surface area contributed by atoms with Gasteiger partial charge in [-0.25, -0.2) is 4.98 Å². The maximum atomic E-state index is 10.2. The van der Waals surface area contributed by atoms with Crippen molar-refractivity contribution in [3.05, 3.63) is 18.3 Å². The van der Waals surface area contributed by atoms with Crippen LogP contribution >= 0.6 is 0 Å². The first-order valence-corrected chi connectivity index (χ1v) is 8.00. The van der Waals surface area contributed by atoms with Gasteiger partial charge in [0, 0.05) is 24.7 Å². The van der Waals surface area contributed by atoms with E-state index >= 15 is 0 Å². The van der Waals surface area contributed by atoms with Crippen molar-refractivity contribution in [1.29, 1.82) is 0 Å². The molecular weight excluding hydrogens is 279 g/mol. The Morgan fingerprint density at radius 2 is 1.77 bits per heavy atom. The monoisotopic (exact) mass is 306 g/mol. The summed E-state index contributed by atoms with van der Waals surface area (Å²) in [4.78, 5) is 6.70. The second-order valence-electron chi connectivity index (χ2n) is 7.04. The SMILES string of the molecule is CC(C)(O)C(C)(C)OB(O)c1ccc(N2CCCCC2)nc1. The predicted molar refractivity (Wildman–Crippen MR) is 89.4 cm³/mol. The second kappa shape index (κ2) is 6.56. The van der Waals surface area contributed by atoms with Crippen molar-refractivity contribution < 1.29 is 14.8 Å². The average Bonchev–Trinajstić information content (AvgIpc) is 2.47. The lowest BCUT2D eigenvalue weighted by atomic mass is 9.77. The van der Waals surface area contributed by atoms with Crippen LogP contribution < -0.4 is 10.4 Å². The van der Waals surface area contributed by atoms with Crippen LogP contribution in [0.15, 0.2) is 18.3 Å². The van der Waals surface area contributed by atoms with Crippen LogP contribution in [-0.2, 0) is 4.65 Å². The number of aliphatic hydroxyl groups is 1. The molecule has 0 spiro atoms. The van der Waals surface area contributed by atoms with E-state index in [1.807, 2.05) is 12.1 Å². The molecule has 0 amide bonds. The standard InChI is InChI=1S/C16H27BN2O3/c1-15(2,20)16(3,4)22-17(21)13-8-9-14(18-12-13)19-10-6-5-7-11-19/h8-9,12,20-21H,5-7,10-11H2,1-4H3. The number of hydrogen-bond acceptors (Lipinski definition) is 5. The Labute approximate surface area is 133 Å². The molecule has 6 heteroatoms. The second-order valence-corrected chi connectivity index (χ2v) is 7.04. The van der Waals surface area contributed by atoms with E-state index in [-0.39, 0.29) is 0 Å². The molecule has 5 nitrogen and oxygen atoms in total. The fourth-order valence-electron chi connectivity index (χ4n) is 2.34. The van der Waals surface area contributed by atoms with Crippen LogP contribution in [0.4, 0.5) is 5.82 Å². The molecule has 2 heterocycles. The van der Waals surface area contributed by atoms with E-state index in [9.17, 15) is 10.1 Å². The molecule has 1 aromatic heterocycles. The van der Waals surface area contributed by atoms with Crippen LogP contribution in [0.2, 0.25) is 0 Å². The molecule has 1 aliphatic heterocycles. The fourth-order valence-corrected chi connectivity index (χ4v) is 2.34. The molecule has 0 bridgehead atoms. The molecule has 1 aromatic rings. The molecule has 0 aromatic carbocycles. The van der Waals surface area contributed by atoms with Crippen LogP contribution in [0.25, 0.3) is 0 Å². The van der Waals surface area contributed by atoms with Gasteiger partial charge >= 0.3 is 7.12 Å². The zero-order chi connectivity index (χ0) is 16.4. The Balaban J connectivity index is 2.03. The van der Waals surface area contributed by atoms with E-state index in [1.54, 1.807) is 33.9 Å². The van der Waals surface area contributed by atoms with E-state index < -0.39 is 18.3 Å². The lowest BCUT2D eigenvalue weighted by Crippen LogP contribution is -2.53. The van der Waals surface area contributed by atoms with Crippen molar-refractivity contribution in [2.75, 3.05) is 18.0 Å². The molecule has 0 radical (unpaired) electrons. The average molecular weight is 306 g/mol. The number of hydrogen-bond donors (Lipinski definition) is 2. The minimum atomic E-state index is -1.11. The number of nitrogens with zero attached hydrogens (tertiary/aromatic N) is 2. The number of anilines is 1. The Bertz CT molecular complexity index is 479. The van der Waals surface area contributed by atoms with E-state index in [2.05, 4.69) is 9.88 Å². The Hall–Kier alpha value is -1.11. The zero-order valence-corrected chi connectivity index (χ0v) is 14.0. The van der Waals surface area contributed by atoms with Crippen molar-refractivity contribution in [2.45, 2.75) is 58.2 Å². The van der Waals surface area contributed by atoms with Gasteiger partial charge in [0.05, 0.1) is 11.2 Å². The minimum absolute atomic E-state index is 0.595. The molecule has 2 N–H and O–H groups in total. The van der Waals surface area contributed by atoms with E-state index in [1.165, 1.54) is 19.3 Å². The molecule has 0 unspecified atom stereocenters. The zero-order valence-electron chi connectivity index (χ0n) is 14.0. The summed E-state index contributed by atoms with van der Waals surface area (Å²) in [5, 5.41) is 20.3. The maximum Gasteiger partial charge on any atom is 0.493 e. The van der Waals surface area contributed by atoms with Gasteiger partial charge in [-0.15, -0.1) is 0 Å². The molecule has 22 heavy (non-hydrogen) atoms. The lowest BCUT2D eigenvalue weighted by Gasteiger charge is -2.38. The summed E-state index contributed by atoms with van der Waals surface area (Å²) < 4.78 is 5.63. The van der Waals surface area contributed by atoms with Gasteiger partial charge in [0.15, 0.2) is 0 Å². The number of piperidine rings is 1. The van der Waals surface area contributed by atoms with Crippen LogP contribution in [0.1, 0.15) is 47.0 Å². The van der Waals surface area contributed by atoms with Gasteiger partial charge in [-0.1, -0.05) is 6.07 Å². The Kier molecular flexibility index (Phi) is 5.15. The molecular formula is C16H27BN2O3. The van der Waals surface area contributed by atoms with E-state index in [0.717, 1.165) is 18.9 Å². The first kappa shape index (κ1) is 17.3. The number of aromatic nitrogens is 1. The number of rotatable bonds is 5. The van der Waals surface area contributed by atoms with Gasteiger partial charge in [-0.2, -0.15) is 0 Å². The summed E-state index contributed by atoms with van der Waals surface area (Å²) in [7, 11) is -1.11. The first-order valence-electron chi connectivity index (χ1n) is 8.00. The third-order valence-corrected chi connectivity index (χ3v) is 4.62. The van der Waals surface area contributed by atoms with Gasteiger partial charge in [-0.05, 0) is 53.0 Å². The van der Waals surface area contributed by atoms with Gasteiger partial charge in [0.2, 0.25) is 0 Å². The summed E-state index contributed by atoms with van der Waals surface area (Å²) in [6.07, 6.45) is 5.34. The topological polar surface area (TPSA) is 65.8 Å². The van der Waals surface area contributed by atoms with Gasteiger partial charge in [0.1, 0.15) is 5.82 Å². The fraction of sp³-hybridized carbons (Fsp3) is 0.688. The Morgan fingerprint density at radius 1 is 1.14 bits per heavy atom. The Morgan fingerprint density at radius 3 is 2.27 bits per heavy atom. The van der Waals surface area contributed by atoms with Crippen LogP contribution in [-0.4, -0.2) is 46.5 Å². The van der Waals surface area contributed by atoms with Crippen LogP contribution in [0.3, 0.4) is 0 Å². The highest BCUT2D eigenvalue weighted by atomic mass is 16.5. The van der Waals surface area contributed by atoms with E-state index in [4.69, 9.17) is 4.65 Å². The van der Waals surface area contributed by atoms with Gasteiger partial charge in [0.25, 0.3) is 0 Å². The number of pyridine rings is 1. The predicted octanol–water partition coefficient (Wildman–Crippen LogP) is 1.33. The van der Waals surface area contributed by atoms with Crippen molar-refractivity contribution in [3.8, 4) is 0 Å². The largest absolute Gasteiger partial charge is 0.493 e. The summed E-state index contributed by atoms with van der Waals surface area (Å²) in [6.45, 7) is 8.92. The highest BCUT2D eigenvalue weighted by Gasteiger charge is 2.39. The summed E-state index contributed by atoms with van der Waals surface area (Å²) >= 11 is 0. The molecule has 0 aliphatic carbocycles. The van der Waals surface area contributed by atoms with Gasteiger partial charge in [-0.3, -0.25) is 0 Å². The summed E-state index contributed by atoms with van der Waals surface area (Å²) in [5.41, 5.74) is -1.34. The van der Waals surface area contributed by atoms with E-state index in [0.29, 0.717) is 5.46 Å². The van der Waals surface area contributed by atoms with Crippen LogP contribution in [0, 0.1) is 0 Å². The van der Waals surface area contributed by atoms with Crippen molar-refractivity contribution in [3.63, 3.8) is 0 Å². The lowest BCUT2D eigenvalue weighted by molar-refractivity contribution is -0.0982. The van der Waals surface area contributed by atoms with Crippen molar-refractivity contribution in [2.24, 2.45) is 0 Å². The molecule has 1 saturated heterocycles. The molecule has 0 atom stereocenters. The normalized spacial score (nSPS) is 16.7. The highest BCUT2D eigenvalue weighted by molar-refractivity contribution is 6.60. The molecule has 1 fully saturated rings. The third-order valence-electron chi connectivity index (χ3n) is 4.62. The van der Waals surface area contributed by atoms with Crippen molar-refractivity contribution in [1.82, 2.24) is 4.98 Å². The third kappa shape index (κ3) is 4.00. The summed E-state index contributed by atoms with van der Waals surface area (Å²) in [6, 6.07) is 3.76. The molecule has 1 aliphatic rings. The molecule has 2 rings (SSSR count).